The summed E-state index contributed by atoms with van der Waals surface area (Å²) in [6, 6.07) is 56.8. The summed E-state index contributed by atoms with van der Waals surface area (Å²) in [5, 5.41) is 6.27. The Labute approximate surface area is 235 Å². The summed E-state index contributed by atoms with van der Waals surface area (Å²) in [5.41, 5.74) is 5.96. The number of hydrogen-bond acceptors (Lipinski definition) is 1. The van der Waals surface area contributed by atoms with Crippen molar-refractivity contribution in [2.45, 2.75) is 0 Å². The largest absolute Gasteiger partial charge is 0.310 e. The summed E-state index contributed by atoms with van der Waals surface area (Å²) >= 11 is 6.72. The van der Waals surface area contributed by atoms with Crippen LogP contribution < -0.4 is 25.6 Å². The number of para-hydroxylation sites is 2. The van der Waals surface area contributed by atoms with Crippen LogP contribution in [-0.4, -0.2) is 8.07 Å². The number of nitrogens with zero attached hydrogens (tertiary/aromatic N) is 1. The molecule has 0 N–H and O–H groups in total. The molecular weight excluding hydrogens is 510 g/mol. The van der Waals surface area contributed by atoms with Gasteiger partial charge in [-0.1, -0.05) is 121 Å². The number of halogens is 1. The van der Waals surface area contributed by atoms with Gasteiger partial charge in [0, 0.05) is 22.1 Å². The highest BCUT2D eigenvalue weighted by atomic mass is 35.5. The summed E-state index contributed by atoms with van der Waals surface area (Å²) in [5.74, 6) is 0. The molecule has 0 aromatic heterocycles. The quantitative estimate of drug-likeness (QED) is 0.211. The lowest BCUT2D eigenvalue weighted by Crippen LogP contribution is -2.72. The van der Waals surface area contributed by atoms with Crippen molar-refractivity contribution in [1.29, 1.82) is 0 Å². The van der Waals surface area contributed by atoms with E-state index in [9.17, 15) is 0 Å². The van der Waals surface area contributed by atoms with E-state index in [1.807, 2.05) is 6.07 Å². The van der Waals surface area contributed by atoms with Gasteiger partial charge in [-0.2, -0.15) is 0 Å². The molecule has 186 valence electrons. The van der Waals surface area contributed by atoms with Crippen molar-refractivity contribution < 1.29 is 0 Å². The van der Waals surface area contributed by atoms with Crippen LogP contribution in [0.25, 0.3) is 11.1 Å². The molecule has 0 bridgehead atoms. The molecule has 1 aliphatic rings. The smallest absolute Gasteiger partial charge is 0.180 e. The first kappa shape index (κ1) is 23.7. The van der Waals surface area contributed by atoms with Gasteiger partial charge in [-0.3, -0.25) is 0 Å². The number of anilines is 3. The van der Waals surface area contributed by atoms with E-state index in [0.717, 1.165) is 22.1 Å². The monoisotopic (exact) mass is 535 g/mol. The minimum absolute atomic E-state index is 0.778. The summed E-state index contributed by atoms with van der Waals surface area (Å²) < 4.78 is 0. The highest BCUT2D eigenvalue weighted by Crippen LogP contribution is 2.38. The molecule has 0 atom stereocenters. The highest BCUT2D eigenvalue weighted by Gasteiger charge is 2.48. The molecule has 0 radical (unpaired) electrons. The Morgan fingerprint density at radius 2 is 0.923 bits per heavy atom. The van der Waals surface area contributed by atoms with E-state index in [1.165, 1.54) is 31.9 Å². The third kappa shape index (κ3) is 3.84. The van der Waals surface area contributed by atoms with E-state index in [4.69, 9.17) is 11.6 Å². The molecule has 1 heterocycles. The Balaban J connectivity index is 1.53. The van der Waals surface area contributed by atoms with Gasteiger partial charge in [0.2, 0.25) is 0 Å². The third-order valence-electron chi connectivity index (χ3n) is 7.78. The normalized spacial score (nSPS) is 12.9. The van der Waals surface area contributed by atoms with Crippen LogP contribution in [0.15, 0.2) is 158 Å². The Bertz CT molecular complexity index is 1670. The fourth-order valence-corrected chi connectivity index (χ4v) is 11.6. The lowest BCUT2D eigenvalue weighted by molar-refractivity contribution is 1.29. The van der Waals surface area contributed by atoms with Gasteiger partial charge in [0.1, 0.15) is 0 Å². The van der Waals surface area contributed by atoms with Gasteiger partial charge in [0.15, 0.2) is 8.07 Å². The maximum absolute atomic E-state index is 6.72. The average molecular weight is 536 g/mol. The van der Waals surface area contributed by atoms with Crippen molar-refractivity contribution in [2.75, 3.05) is 4.90 Å². The maximum Gasteiger partial charge on any atom is 0.180 e. The molecule has 1 nitrogen and oxygen atoms in total. The first-order valence-corrected chi connectivity index (χ1v) is 15.6. The van der Waals surface area contributed by atoms with Gasteiger partial charge in [-0.05, 0) is 80.4 Å². The Hall–Kier alpha value is -4.37. The predicted octanol–water partition coefficient (Wildman–Crippen LogP) is 7.17. The van der Waals surface area contributed by atoms with E-state index in [2.05, 4.69) is 157 Å². The topological polar surface area (TPSA) is 3.24 Å². The number of rotatable bonds is 5. The van der Waals surface area contributed by atoms with Crippen LogP contribution >= 0.6 is 11.6 Å². The van der Waals surface area contributed by atoms with Gasteiger partial charge < -0.3 is 4.90 Å². The molecule has 0 fully saturated rings. The predicted molar refractivity (Wildman–Crippen MR) is 169 cm³/mol. The molecule has 0 saturated carbocycles. The zero-order valence-corrected chi connectivity index (χ0v) is 23.1. The van der Waals surface area contributed by atoms with Crippen LogP contribution in [0.1, 0.15) is 0 Å². The van der Waals surface area contributed by atoms with Crippen molar-refractivity contribution >= 4 is 57.5 Å². The maximum atomic E-state index is 6.72. The second-order valence-corrected chi connectivity index (χ2v) is 14.1. The molecule has 0 amide bonds. The highest BCUT2D eigenvalue weighted by molar-refractivity contribution is 7.22. The molecular formula is C36H26ClNSi. The zero-order chi connectivity index (χ0) is 26.2. The number of hydrogen-bond donors (Lipinski definition) is 0. The van der Waals surface area contributed by atoms with Crippen molar-refractivity contribution in [3.8, 4) is 11.1 Å². The summed E-state index contributed by atoms with van der Waals surface area (Å²) in [7, 11) is -2.58. The molecule has 39 heavy (non-hydrogen) atoms. The number of fused-ring (bicyclic) bond motifs is 3. The average Bonchev–Trinajstić information content (AvgIpc) is 3.29. The fourth-order valence-electron chi connectivity index (χ4n) is 6.19. The van der Waals surface area contributed by atoms with Crippen LogP contribution in [0.5, 0.6) is 0 Å². The van der Waals surface area contributed by atoms with Crippen LogP contribution in [0.3, 0.4) is 0 Å². The molecule has 6 aromatic carbocycles. The standard InChI is InChI=1S/C36H26ClNSi/c37-27-21-23-33-34-26-30(38(28-13-5-1-6-14-28)29-15-7-2-8-16-29)22-24-35(34)39(36(33)25-27,31-17-9-3-10-18-31)32-19-11-4-12-20-32/h1-26H. The molecule has 0 spiro atoms. The second kappa shape index (κ2) is 9.74. The summed E-state index contributed by atoms with van der Waals surface area (Å²) in [6.07, 6.45) is 0. The van der Waals surface area contributed by atoms with Gasteiger partial charge in [-0.15, -0.1) is 0 Å². The second-order valence-electron chi connectivity index (χ2n) is 9.91. The summed E-state index contributed by atoms with van der Waals surface area (Å²) in [6.45, 7) is 0. The van der Waals surface area contributed by atoms with E-state index >= 15 is 0 Å². The lowest BCUT2D eigenvalue weighted by atomic mass is 10.0. The van der Waals surface area contributed by atoms with Crippen LogP contribution in [0, 0.1) is 0 Å². The van der Waals surface area contributed by atoms with Crippen molar-refractivity contribution in [2.24, 2.45) is 0 Å². The zero-order valence-electron chi connectivity index (χ0n) is 21.3. The van der Waals surface area contributed by atoms with E-state index in [1.54, 1.807) is 0 Å². The van der Waals surface area contributed by atoms with Gasteiger partial charge >= 0.3 is 0 Å². The van der Waals surface area contributed by atoms with Crippen LogP contribution in [-0.2, 0) is 0 Å². The van der Waals surface area contributed by atoms with Gasteiger partial charge in [0.05, 0.1) is 0 Å². The Morgan fingerprint density at radius 3 is 1.46 bits per heavy atom. The first-order valence-electron chi connectivity index (χ1n) is 13.2. The van der Waals surface area contributed by atoms with Crippen LogP contribution in [0.4, 0.5) is 17.1 Å². The molecule has 0 saturated heterocycles. The molecule has 0 unspecified atom stereocenters. The minimum Gasteiger partial charge on any atom is -0.310 e. The van der Waals surface area contributed by atoms with E-state index in [0.29, 0.717) is 0 Å². The van der Waals surface area contributed by atoms with Crippen LogP contribution in [0.2, 0.25) is 5.02 Å². The molecule has 0 aliphatic carbocycles. The van der Waals surface area contributed by atoms with Gasteiger partial charge in [-0.25, -0.2) is 0 Å². The molecule has 1 aliphatic heterocycles. The van der Waals surface area contributed by atoms with E-state index < -0.39 is 8.07 Å². The number of benzene rings is 6. The third-order valence-corrected chi connectivity index (χ3v) is 12.9. The summed E-state index contributed by atoms with van der Waals surface area (Å²) in [4.78, 5) is 2.34. The van der Waals surface area contributed by atoms with Gasteiger partial charge in [0.25, 0.3) is 0 Å². The molecule has 7 rings (SSSR count). The Morgan fingerprint density at radius 1 is 0.410 bits per heavy atom. The fraction of sp³-hybridized carbons (Fsp3) is 0. The SMILES string of the molecule is Clc1ccc2c(c1)[Si](c1ccccc1)(c1ccccc1)c1ccc(N(c3ccccc3)c3ccccc3)cc1-2. The first-order chi connectivity index (χ1) is 19.3. The molecule has 6 aromatic rings. The van der Waals surface area contributed by atoms with Crippen molar-refractivity contribution in [3.05, 3.63) is 163 Å². The minimum atomic E-state index is -2.58. The molecule has 3 heteroatoms. The van der Waals surface area contributed by atoms with Crippen molar-refractivity contribution in [3.63, 3.8) is 0 Å². The van der Waals surface area contributed by atoms with Crippen molar-refractivity contribution in [1.82, 2.24) is 0 Å². The lowest BCUT2D eigenvalue weighted by Gasteiger charge is -2.32. The Kier molecular flexibility index (Phi) is 5.92. The van der Waals surface area contributed by atoms with E-state index in [-0.39, 0.29) is 0 Å².